The molecular weight excluding hydrogens is 278 g/mol. The van der Waals surface area contributed by atoms with Gasteiger partial charge in [0.2, 0.25) is 5.91 Å². The van der Waals surface area contributed by atoms with Crippen LogP contribution >= 0.6 is 0 Å². The molecule has 1 N–H and O–H groups in total. The minimum atomic E-state index is 0.213. The number of nitrogens with one attached hydrogen (secondary N) is 1. The molecule has 0 aliphatic carbocycles. The fourth-order valence-corrected chi connectivity index (χ4v) is 3.00. The van der Waals surface area contributed by atoms with Gasteiger partial charge in [-0.2, -0.15) is 5.21 Å². The molecule has 1 aliphatic rings. The van der Waals surface area contributed by atoms with Crippen LogP contribution in [0.25, 0.3) is 0 Å². The second kappa shape index (κ2) is 7.15. The Hall–Kier alpha value is -2.24. The molecule has 1 fully saturated rings. The largest absolute Gasteiger partial charge is 0.342 e. The van der Waals surface area contributed by atoms with Crippen molar-refractivity contribution in [3.8, 4) is 0 Å². The predicted molar refractivity (Wildman–Crippen MR) is 82.1 cm³/mol. The zero-order chi connectivity index (χ0) is 15.2. The number of rotatable bonds is 5. The molecule has 0 spiro atoms. The molecule has 2 heterocycles. The minimum Gasteiger partial charge on any atom is -0.342 e. The highest BCUT2D eigenvalue weighted by Gasteiger charge is 2.26. The number of benzene rings is 1. The van der Waals surface area contributed by atoms with Gasteiger partial charge in [0.1, 0.15) is 0 Å². The maximum absolute atomic E-state index is 12.4. The van der Waals surface area contributed by atoms with Crippen molar-refractivity contribution in [3.05, 3.63) is 41.7 Å². The molecule has 0 radical (unpaired) electrons. The van der Waals surface area contributed by atoms with Crippen LogP contribution in [0.4, 0.5) is 0 Å². The molecule has 1 aromatic heterocycles. The summed E-state index contributed by atoms with van der Waals surface area (Å²) >= 11 is 0. The van der Waals surface area contributed by atoms with Gasteiger partial charge in [0, 0.05) is 25.4 Å². The summed E-state index contributed by atoms with van der Waals surface area (Å²) < 4.78 is 0. The Bertz CT molecular complexity index is 584. The van der Waals surface area contributed by atoms with Gasteiger partial charge in [0.15, 0.2) is 5.82 Å². The van der Waals surface area contributed by atoms with Gasteiger partial charge in [-0.3, -0.25) is 4.79 Å². The van der Waals surface area contributed by atoms with Gasteiger partial charge in [0.25, 0.3) is 0 Å². The summed E-state index contributed by atoms with van der Waals surface area (Å²) in [5.41, 5.74) is 1.29. The van der Waals surface area contributed by atoms with Crippen LogP contribution in [0.1, 0.15) is 43.0 Å². The number of piperidine rings is 1. The highest BCUT2D eigenvalue weighted by atomic mass is 16.2. The molecule has 0 unspecified atom stereocenters. The smallest absolute Gasteiger partial charge is 0.222 e. The summed E-state index contributed by atoms with van der Waals surface area (Å²) in [5.74, 6) is 1.18. The lowest BCUT2D eigenvalue weighted by Gasteiger charge is -2.31. The SMILES string of the molecule is O=C(CCCc1ccccc1)N1CCC[C@H](c2nn[nH]n2)C1. The summed E-state index contributed by atoms with van der Waals surface area (Å²) in [6.45, 7) is 1.56. The van der Waals surface area contributed by atoms with Crippen molar-refractivity contribution < 1.29 is 4.79 Å². The van der Waals surface area contributed by atoms with E-state index in [1.165, 1.54) is 5.56 Å². The second-order valence-electron chi connectivity index (χ2n) is 5.79. The van der Waals surface area contributed by atoms with Crippen LogP contribution in [0.2, 0.25) is 0 Å². The van der Waals surface area contributed by atoms with Gasteiger partial charge in [-0.1, -0.05) is 35.5 Å². The number of hydrogen-bond acceptors (Lipinski definition) is 4. The van der Waals surface area contributed by atoms with E-state index in [4.69, 9.17) is 0 Å². The average molecular weight is 299 g/mol. The first kappa shape index (κ1) is 14.7. The van der Waals surface area contributed by atoms with Crippen LogP contribution in [0.5, 0.6) is 0 Å². The molecule has 6 nitrogen and oxygen atoms in total. The Kier molecular flexibility index (Phi) is 4.78. The number of nitrogens with zero attached hydrogens (tertiary/aromatic N) is 4. The Morgan fingerprint density at radius 3 is 2.95 bits per heavy atom. The van der Waals surface area contributed by atoms with Crippen molar-refractivity contribution >= 4 is 5.91 Å². The lowest BCUT2D eigenvalue weighted by molar-refractivity contribution is -0.132. The van der Waals surface area contributed by atoms with Crippen molar-refractivity contribution in [2.75, 3.05) is 13.1 Å². The predicted octanol–water partition coefficient (Wildman–Crippen LogP) is 1.93. The quantitative estimate of drug-likeness (QED) is 0.915. The number of aryl methyl sites for hydroxylation is 1. The van der Waals surface area contributed by atoms with Crippen LogP contribution < -0.4 is 0 Å². The molecule has 6 heteroatoms. The molecular formula is C16H21N5O. The number of H-pyrrole nitrogens is 1. The van der Waals surface area contributed by atoms with E-state index < -0.39 is 0 Å². The van der Waals surface area contributed by atoms with Crippen molar-refractivity contribution in [3.63, 3.8) is 0 Å². The van der Waals surface area contributed by atoms with E-state index in [2.05, 4.69) is 32.8 Å². The number of amides is 1. The fourth-order valence-electron chi connectivity index (χ4n) is 3.00. The lowest BCUT2D eigenvalue weighted by Crippen LogP contribution is -2.39. The van der Waals surface area contributed by atoms with Crippen molar-refractivity contribution in [2.45, 2.75) is 38.0 Å². The third-order valence-corrected chi connectivity index (χ3v) is 4.20. The lowest BCUT2D eigenvalue weighted by atomic mass is 9.97. The number of likely N-dealkylation sites (tertiary alicyclic amines) is 1. The maximum Gasteiger partial charge on any atom is 0.222 e. The summed E-state index contributed by atoms with van der Waals surface area (Å²) in [6, 6.07) is 10.3. The first-order chi connectivity index (χ1) is 10.8. The van der Waals surface area contributed by atoms with Crippen LogP contribution in [0, 0.1) is 0 Å². The Morgan fingerprint density at radius 1 is 1.32 bits per heavy atom. The van der Waals surface area contributed by atoms with E-state index in [-0.39, 0.29) is 11.8 Å². The molecule has 0 saturated carbocycles. The van der Waals surface area contributed by atoms with Gasteiger partial charge >= 0.3 is 0 Å². The topological polar surface area (TPSA) is 74.8 Å². The van der Waals surface area contributed by atoms with Crippen molar-refractivity contribution in [1.82, 2.24) is 25.5 Å². The molecule has 0 bridgehead atoms. The van der Waals surface area contributed by atoms with Crippen LogP contribution in [-0.2, 0) is 11.2 Å². The van der Waals surface area contributed by atoms with Gasteiger partial charge < -0.3 is 4.90 Å². The Labute approximate surface area is 129 Å². The van der Waals surface area contributed by atoms with Gasteiger partial charge in [-0.05, 0) is 31.2 Å². The third kappa shape index (κ3) is 3.69. The second-order valence-corrected chi connectivity index (χ2v) is 5.79. The molecule has 1 aliphatic heterocycles. The monoisotopic (exact) mass is 299 g/mol. The number of aromatic amines is 1. The molecule has 1 amide bonds. The minimum absolute atomic E-state index is 0.213. The molecule has 116 valence electrons. The van der Waals surface area contributed by atoms with E-state index >= 15 is 0 Å². The van der Waals surface area contributed by atoms with E-state index in [0.29, 0.717) is 13.0 Å². The van der Waals surface area contributed by atoms with Crippen molar-refractivity contribution in [2.24, 2.45) is 0 Å². The number of carbonyl (C=O) groups excluding carboxylic acids is 1. The zero-order valence-electron chi connectivity index (χ0n) is 12.6. The van der Waals surface area contributed by atoms with E-state index in [0.717, 1.165) is 38.1 Å². The molecule has 3 rings (SSSR count). The summed E-state index contributed by atoms with van der Waals surface area (Å²) in [7, 11) is 0. The number of tetrazole rings is 1. The number of carbonyl (C=O) groups is 1. The Morgan fingerprint density at radius 2 is 2.18 bits per heavy atom. The number of aromatic nitrogens is 4. The highest BCUT2D eigenvalue weighted by molar-refractivity contribution is 5.76. The summed E-state index contributed by atoms with van der Waals surface area (Å²) in [5, 5.41) is 14.2. The normalized spacial score (nSPS) is 18.4. The van der Waals surface area contributed by atoms with E-state index in [1.807, 2.05) is 23.1 Å². The van der Waals surface area contributed by atoms with Crippen LogP contribution in [0.15, 0.2) is 30.3 Å². The maximum atomic E-state index is 12.4. The molecule has 1 saturated heterocycles. The van der Waals surface area contributed by atoms with Crippen LogP contribution in [-0.4, -0.2) is 44.5 Å². The van der Waals surface area contributed by atoms with Gasteiger partial charge in [-0.15, -0.1) is 10.2 Å². The highest BCUT2D eigenvalue weighted by Crippen LogP contribution is 2.24. The third-order valence-electron chi connectivity index (χ3n) is 4.20. The molecule has 22 heavy (non-hydrogen) atoms. The summed E-state index contributed by atoms with van der Waals surface area (Å²) in [6.07, 6.45) is 4.48. The molecule has 1 aromatic carbocycles. The summed E-state index contributed by atoms with van der Waals surface area (Å²) in [4.78, 5) is 14.3. The van der Waals surface area contributed by atoms with Crippen LogP contribution in [0.3, 0.4) is 0 Å². The first-order valence-corrected chi connectivity index (χ1v) is 7.88. The Balaban J connectivity index is 1.47. The van der Waals surface area contributed by atoms with E-state index in [1.54, 1.807) is 0 Å². The molecule has 1 atom stereocenters. The van der Waals surface area contributed by atoms with Crippen molar-refractivity contribution in [1.29, 1.82) is 0 Å². The van der Waals surface area contributed by atoms with Gasteiger partial charge in [-0.25, -0.2) is 0 Å². The number of hydrogen-bond donors (Lipinski definition) is 1. The zero-order valence-corrected chi connectivity index (χ0v) is 12.6. The first-order valence-electron chi connectivity index (χ1n) is 7.88. The van der Waals surface area contributed by atoms with E-state index in [9.17, 15) is 4.79 Å². The average Bonchev–Trinajstić information content (AvgIpc) is 3.10. The molecule has 2 aromatic rings. The standard InChI is InChI=1S/C16H21N5O/c22-15(10-4-8-13-6-2-1-3-7-13)21-11-5-9-14(12-21)16-17-19-20-18-16/h1-3,6-7,14H,4-5,8-12H2,(H,17,18,19,20)/t14-/m0/s1. The van der Waals surface area contributed by atoms with Gasteiger partial charge in [0.05, 0.1) is 0 Å². The fraction of sp³-hybridized carbons (Fsp3) is 0.500.